The van der Waals surface area contributed by atoms with Crippen LogP contribution in [0.1, 0.15) is 60.2 Å². The van der Waals surface area contributed by atoms with Gasteiger partial charge in [0.2, 0.25) is 0 Å². The number of imidazole rings is 1. The van der Waals surface area contributed by atoms with Crippen LogP contribution < -0.4 is 0 Å². The Morgan fingerprint density at radius 3 is 3.00 bits per heavy atom. The van der Waals surface area contributed by atoms with Gasteiger partial charge in [-0.25, -0.2) is 9.78 Å². The first-order valence-corrected chi connectivity index (χ1v) is 6.60. The summed E-state index contributed by atoms with van der Waals surface area (Å²) in [5, 5.41) is 9.28. The summed E-state index contributed by atoms with van der Waals surface area (Å²) in [7, 11) is 0. The predicted octanol–water partition coefficient (Wildman–Crippen LogP) is 1.98. The SMILES string of the molecule is CC1CCCc2c(C(=O)O)nc(C3CCOC3)n21. The van der Waals surface area contributed by atoms with Gasteiger partial charge in [0.05, 0.1) is 12.3 Å². The molecule has 1 aromatic rings. The van der Waals surface area contributed by atoms with Gasteiger partial charge in [0.25, 0.3) is 0 Å². The zero-order chi connectivity index (χ0) is 12.7. The number of hydrogen-bond donors (Lipinski definition) is 1. The van der Waals surface area contributed by atoms with Gasteiger partial charge in [-0.15, -0.1) is 0 Å². The minimum atomic E-state index is -0.905. The standard InChI is InChI=1S/C13H18N2O3/c1-8-3-2-4-10-11(13(16)17)14-12(15(8)10)9-5-6-18-7-9/h8-9H,2-7H2,1H3,(H,16,17). The average Bonchev–Trinajstić information content (AvgIpc) is 2.95. The van der Waals surface area contributed by atoms with Crippen LogP contribution in [0.25, 0.3) is 0 Å². The number of carboxylic acids is 1. The molecule has 0 bridgehead atoms. The van der Waals surface area contributed by atoms with Crippen molar-refractivity contribution in [2.75, 3.05) is 13.2 Å². The molecule has 0 aliphatic carbocycles. The first-order valence-electron chi connectivity index (χ1n) is 6.60. The second-order valence-corrected chi connectivity index (χ2v) is 5.24. The Balaban J connectivity index is 2.10. The van der Waals surface area contributed by atoms with Gasteiger partial charge in [0.1, 0.15) is 5.82 Å². The van der Waals surface area contributed by atoms with Crippen molar-refractivity contribution >= 4 is 5.97 Å². The maximum atomic E-state index is 11.3. The molecule has 3 rings (SSSR count). The molecule has 2 aliphatic heterocycles. The number of ether oxygens (including phenoxy) is 1. The van der Waals surface area contributed by atoms with Crippen molar-refractivity contribution in [1.82, 2.24) is 9.55 Å². The van der Waals surface area contributed by atoms with Crippen LogP contribution in [0.5, 0.6) is 0 Å². The molecule has 0 saturated carbocycles. The molecular weight excluding hydrogens is 232 g/mol. The average molecular weight is 250 g/mol. The largest absolute Gasteiger partial charge is 0.476 e. The number of aromatic nitrogens is 2. The van der Waals surface area contributed by atoms with E-state index in [9.17, 15) is 9.90 Å². The molecular formula is C13H18N2O3. The van der Waals surface area contributed by atoms with Crippen molar-refractivity contribution in [2.45, 2.75) is 44.6 Å². The van der Waals surface area contributed by atoms with Crippen LogP contribution in [0.4, 0.5) is 0 Å². The third-order valence-corrected chi connectivity index (χ3v) is 4.01. The fourth-order valence-electron chi connectivity index (χ4n) is 3.11. The molecule has 3 heterocycles. The highest BCUT2D eigenvalue weighted by atomic mass is 16.5. The molecule has 0 aromatic carbocycles. The molecule has 2 atom stereocenters. The fourth-order valence-corrected chi connectivity index (χ4v) is 3.11. The van der Waals surface area contributed by atoms with Crippen molar-refractivity contribution in [3.63, 3.8) is 0 Å². The molecule has 5 nitrogen and oxygen atoms in total. The molecule has 0 radical (unpaired) electrons. The van der Waals surface area contributed by atoms with Crippen molar-refractivity contribution in [2.24, 2.45) is 0 Å². The lowest BCUT2D eigenvalue weighted by Gasteiger charge is -2.25. The van der Waals surface area contributed by atoms with Crippen LogP contribution in [0.2, 0.25) is 0 Å². The molecule has 2 unspecified atom stereocenters. The summed E-state index contributed by atoms with van der Waals surface area (Å²) in [5.74, 6) is 0.280. The number of carbonyl (C=O) groups is 1. The fraction of sp³-hybridized carbons (Fsp3) is 0.692. The Labute approximate surface area is 106 Å². The summed E-state index contributed by atoms with van der Waals surface area (Å²) in [6, 6.07) is 0.352. The molecule has 1 N–H and O–H groups in total. The number of rotatable bonds is 2. The van der Waals surface area contributed by atoms with Gasteiger partial charge in [-0.1, -0.05) is 0 Å². The van der Waals surface area contributed by atoms with E-state index in [0.717, 1.165) is 43.8 Å². The zero-order valence-electron chi connectivity index (χ0n) is 10.6. The second-order valence-electron chi connectivity index (χ2n) is 5.24. The minimum Gasteiger partial charge on any atom is -0.476 e. The monoisotopic (exact) mass is 250 g/mol. The van der Waals surface area contributed by atoms with E-state index in [1.54, 1.807) is 0 Å². The minimum absolute atomic E-state index is 0.253. The lowest BCUT2D eigenvalue weighted by atomic mass is 10.0. The highest BCUT2D eigenvalue weighted by Gasteiger charge is 2.32. The summed E-state index contributed by atoms with van der Waals surface area (Å²) in [6.45, 7) is 3.57. The molecule has 1 saturated heterocycles. The van der Waals surface area contributed by atoms with Crippen LogP contribution in [0.3, 0.4) is 0 Å². The van der Waals surface area contributed by atoms with E-state index in [2.05, 4.69) is 16.5 Å². The molecule has 0 spiro atoms. The summed E-state index contributed by atoms with van der Waals surface area (Å²) < 4.78 is 7.57. The van der Waals surface area contributed by atoms with Crippen LogP contribution in [-0.2, 0) is 11.2 Å². The molecule has 1 fully saturated rings. The Kier molecular flexibility index (Phi) is 2.86. The molecule has 18 heavy (non-hydrogen) atoms. The topological polar surface area (TPSA) is 64.3 Å². The van der Waals surface area contributed by atoms with Gasteiger partial charge < -0.3 is 14.4 Å². The Morgan fingerprint density at radius 2 is 2.33 bits per heavy atom. The van der Waals surface area contributed by atoms with E-state index < -0.39 is 5.97 Å². The van der Waals surface area contributed by atoms with Crippen molar-refractivity contribution in [1.29, 1.82) is 0 Å². The summed E-state index contributed by atoms with van der Waals surface area (Å²) >= 11 is 0. The van der Waals surface area contributed by atoms with E-state index in [0.29, 0.717) is 12.6 Å². The zero-order valence-corrected chi connectivity index (χ0v) is 10.6. The van der Waals surface area contributed by atoms with Crippen LogP contribution in [-0.4, -0.2) is 33.8 Å². The quantitative estimate of drug-likeness (QED) is 0.871. The third-order valence-electron chi connectivity index (χ3n) is 4.01. The number of hydrogen-bond acceptors (Lipinski definition) is 3. The Hall–Kier alpha value is -1.36. The van der Waals surface area contributed by atoms with Gasteiger partial charge >= 0.3 is 5.97 Å². The number of nitrogens with zero attached hydrogens (tertiary/aromatic N) is 2. The maximum Gasteiger partial charge on any atom is 0.356 e. The number of carboxylic acid groups (broad SMARTS) is 1. The molecule has 2 aliphatic rings. The smallest absolute Gasteiger partial charge is 0.356 e. The number of fused-ring (bicyclic) bond motifs is 1. The summed E-state index contributed by atoms with van der Waals surface area (Å²) in [6.07, 6.45) is 3.92. The number of aromatic carboxylic acids is 1. The van der Waals surface area contributed by atoms with E-state index in [1.807, 2.05) is 0 Å². The van der Waals surface area contributed by atoms with Crippen LogP contribution in [0, 0.1) is 0 Å². The third kappa shape index (κ3) is 1.73. The van der Waals surface area contributed by atoms with Gasteiger partial charge in [-0.2, -0.15) is 0 Å². The van der Waals surface area contributed by atoms with Gasteiger partial charge in [-0.05, 0) is 32.6 Å². The lowest BCUT2D eigenvalue weighted by molar-refractivity contribution is 0.0689. The van der Waals surface area contributed by atoms with E-state index in [4.69, 9.17) is 4.74 Å². The summed E-state index contributed by atoms with van der Waals surface area (Å²) in [5.41, 5.74) is 1.16. The van der Waals surface area contributed by atoms with E-state index in [1.165, 1.54) is 0 Å². The first kappa shape index (κ1) is 11.7. The molecule has 0 amide bonds. The molecule has 98 valence electrons. The van der Waals surface area contributed by atoms with Crippen LogP contribution in [0.15, 0.2) is 0 Å². The lowest BCUT2D eigenvalue weighted by Crippen LogP contribution is -2.20. The van der Waals surface area contributed by atoms with Gasteiger partial charge in [-0.3, -0.25) is 0 Å². The molecule has 5 heteroatoms. The first-order chi connectivity index (χ1) is 8.68. The Bertz CT molecular complexity index is 475. The Morgan fingerprint density at radius 1 is 1.50 bits per heavy atom. The molecule has 1 aromatic heterocycles. The van der Waals surface area contributed by atoms with Crippen molar-refractivity contribution < 1.29 is 14.6 Å². The van der Waals surface area contributed by atoms with Crippen LogP contribution >= 0.6 is 0 Å². The second kappa shape index (κ2) is 4.39. The predicted molar refractivity (Wildman–Crippen MR) is 65.0 cm³/mol. The van der Waals surface area contributed by atoms with E-state index >= 15 is 0 Å². The summed E-state index contributed by atoms with van der Waals surface area (Å²) in [4.78, 5) is 15.7. The maximum absolute atomic E-state index is 11.3. The highest BCUT2D eigenvalue weighted by molar-refractivity contribution is 5.87. The van der Waals surface area contributed by atoms with E-state index in [-0.39, 0.29) is 11.6 Å². The highest BCUT2D eigenvalue weighted by Crippen LogP contribution is 2.34. The normalized spacial score (nSPS) is 27.2. The van der Waals surface area contributed by atoms with Gasteiger partial charge in [0, 0.05) is 18.6 Å². The van der Waals surface area contributed by atoms with Crippen molar-refractivity contribution in [3.8, 4) is 0 Å². The van der Waals surface area contributed by atoms with Crippen molar-refractivity contribution in [3.05, 3.63) is 17.2 Å². The van der Waals surface area contributed by atoms with Gasteiger partial charge in [0.15, 0.2) is 5.69 Å².